The number of amides is 2. The minimum Gasteiger partial charge on any atom is -0.310 e. The van der Waals surface area contributed by atoms with Crippen molar-refractivity contribution in [1.82, 2.24) is 4.90 Å². The number of halogens is 2. The predicted molar refractivity (Wildman–Crippen MR) is 125 cm³/mol. The van der Waals surface area contributed by atoms with Crippen LogP contribution in [-0.2, 0) is 16.2 Å². The average molecular weight is 465 g/mol. The van der Waals surface area contributed by atoms with Gasteiger partial charge in [-0.05, 0) is 61.9 Å². The van der Waals surface area contributed by atoms with Gasteiger partial charge < -0.3 is 9.80 Å². The number of para-hydroxylation sites is 1. The highest BCUT2D eigenvalue weighted by Crippen LogP contribution is 2.60. The van der Waals surface area contributed by atoms with Crippen molar-refractivity contribution in [2.24, 2.45) is 0 Å². The number of hydrogen-bond donors (Lipinski definition) is 0. The normalized spacial score (nSPS) is 21.0. The van der Waals surface area contributed by atoms with Crippen molar-refractivity contribution in [2.75, 3.05) is 11.4 Å². The van der Waals surface area contributed by atoms with Gasteiger partial charge in [0.2, 0.25) is 0 Å². The van der Waals surface area contributed by atoms with E-state index in [2.05, 4.69) is 0 Å². The molecule has 33 heavy (non-hydrogen) atoms. The molecule has 2 aliphatic heterocycles. The van der Waals surface area contributed by atoms with Crippen LogP contribution in [0.5, 0.6) is 0 Å². The summed E-state index contributed by atoms with van der Waals surface area (Å²) in [6, 6.07) is 18.9. The van der Waals surface area contributed by atoms with Crippen molar-refractivity contribution in [3.8, 4) is 0 Å². The van der Waals surface area contributed by atoms with Crippen LogP contribution in [0.1, 0.15) is 35.3 Å². The largest absolute Gasteiger partial charge is 0.310 e. The monoisotopic (exact) mass is 464 g/mol. The second-order valence-corrected chi connectivity index (χ2v) is 10.8. The summed E-state index contributed by atoms with van der Waals surface area (Å²) in [6.07, 6.45) is 0. The van der Waals surface area contributed by atoms with E-state index in [1.807, 2.05) is 38.1 Å². The first-order chi connectivity index (χ1) is 15.7. The third-order valence-corrected chi connectivity index (χ3v) is 7.62. The van der Waals surface area contributed by atoms with Crippen LogP contribution < -0.4 is 4.90 Å². The number of nitrogens with zero attached hydrogens (tertiary/aromatic N) is 2. The number of hydrogen-bond acceptors (Lipinski definition) is 3. The number of carbonyl (C=O) groups is 2. The van der Waals surface area contributed by atoms with E-state index in [4.69, 9.17) is 0 Å². The molecule has 1 atom stereocenters. The van der Waals surface area contributed by atoms with Crippen molar-refractivity contribution in [2.45, 2.75) is 30.0 Å². The molecule has 0 unspecified atom stereocenters. The molecule has 5 rings (SSSR count). The summed E-state index contributed by atoms with van der Waals surface area (Å²) in [6.45, 7) is 4.64. The zero-order valence-corrected chi connectivity index (χ0v) is 19.0. The summed E-state index contributed by atoms with van der Waals surface area (Å²) >= 11 is 1.46. The minimum atomic E-state index is -1.23. The van der Waals surface area contributed by atoms with Crippen LogP contribution >= 0.6 is 11.8 Å². The van der Waals surface area contributed by atoms with E-state index in [9.17, 15) is 18.4 Å². The molecule has 2 heterocycles. The summed E-state index contributed by atoms with van der Waals surface area (Å²) < 4.78 is 26.5. The van der Waals surface area contributed by atoms with Crippen molar-refractivity contribution >= 4 is 29.3 Å². The van der Waals surface area contributed by atoms with Gasteiger partial charge in [0, 0.05) is 22.4 Å². The van der Waals surface area contributed by atoms with Crippen LogP contribution in [0.4, 0.5) is 14.5 Å². The van der Waals surface area contributed by atoms with E-state index in [0.717, 1.165) is 16.8 Å². The summed E-state index contributed by atoms with van der Waals surface area (Å²) in [7, 11) is 0. The number of thioether (sulfide) groups is 1. The Balaban J connectivity index is 1.61. The molecule has 0 N–H and O–H groups in total. The lowest BCUT2D eigenvalue weighted by Gasteiger charge is -2.33. The lowest BCUT2D eigenvalue weighted by Crippen LogP contribution is -2.50. The molecule has 0 aliphatic carbocycles. The van der Waals surface area contributed by atoms with E-state index in [-0.39, 0.29) is 28.9 Å². The van der Waals surface area contributed by atoms with Crippen LogP contribution in [0.25, 0.3) is 0 Å². The van der Waals surface area contributed by atoms with Gasteiger partial charge in [-0.15, -0.1) is 11.8 Å². The summed E-state index contributed by atoms with van der Waals surface area (Å²) in [5.41, 5.74) is 2.60. The number of benzene rings is 3. The molecule has 0 aromatic heterocycles. The Morgan fingerprint density at radius 2 is 1.55 bits per heavy atom. The predicted octanol–water partition coefficient (Wildman–Crippen LogP) is 5.33. The molecule has 1 saturated heterocycles. The van der Waals surface area contributed by atoms with E-state index >= 15 is 0 Å². The van der Waals surface area contributed by atoms with E-state index in [1.165, 1.54) is 48.2 Å². The zero-order chi connectivity index (χ0) is 23.4. The summed E-state index contributed by atoms with van der Waals surface area (Å²) in [5.74, 6) is -1.29. The molecule has 7 heteroatoms. The van der Waals surface area contributed by atoms with Crippen molar-refractivity contribution in [3.63, 3.8) is 0 Å². The number of anilines is 1. The molecule has 0 bridgehead atoms. The standard InChI is InChI=1S/C26H22F2N2O2S/c1-25(2)16-30(23(31)18-9-13-20(28)14-10-18)26(33-25)21-5-3-4-6-22(21)29(24(26)32)15-17-7-11-19(27)12-8-17/h3-14H,15-16H2,1-2H3/t26-/m0/s1. The van der Waals surface area contributed by atoms with Gasteiger partial charge in [0.25, 0.3) is 11.8 Å². The first-order valence-corrected chi connectivity index (χ1v) is 11.5. The first kappa shape index (κ1) is 21.6. The van der Waals surface area contributed by atoms with Crippen molar-refractivity contribution < 1.29 is 18.4 Å². The van der Waals surface area contributed by atoms with Gasteiger partial charge in [0.15, 0.2) is 4.87 Å². The molecule has 3 aromatic carbocycles. The van der Waals surface area contributed by atoms with Gasteiger partial charge >= 0.3 is 0 Å². The fraction of sp³-hybridized carbons (Fsp3) is 0.231. The topological polar surface area (TPSA) is 40.6 Å². The Kier molecular flexibility index (Phi) is 5.05. The van der Waals surface area contributed by atoms with E-state index < -0.39 is 10.7 Å². The van der Waals surface area contributed by atoms with Crippen LogP contribution in [0.15, 0.2) is 72.8 Å². The fourth-order valence-corrected chi connectivity index (χ4v) is 6.37. The van der Waals surface area contributed by atoms with Gasteiger partial charge in [-0.1, -0.05) is 30.3 Å². The minimum absolute atomic E-state index is 0.209. The second-order valence-electron chi connectivity index (χ2n) is 8.94. The second kappa shape index (κ2) is 7.70. The Labute approximate surface area is 195 Å². The molecule has 1 spiro atoms. The van der Waals surface area contributed by atoms with Gasteiger partial charge in [0.05, 0.1) is 12.2 Å². The summed E-state index contributed by atoms with van der Waals surface area (Å²) in [5, 5.41) is 0. The lowest BCUT2D eigenvalue weighted by molar-refractivity contribution is -0.123. The SMILES string of the molecule is CC1(C)CN(C(=O)c2ccc(F)cc2)[C@@]2(S1)C(=O)N(Cc1ccc(F)cc1)c1ccccc12. The average Bonchev–Trinajstić information content (AvgIpc) is 3.21. The fourth-order valence-electron chi connectivity index (χ4n) is 4.63. The third-order valence-electron chi connectivity index (χ3n) is 6.03. The van der Waals surface area contributed by atoms with Crippen molar-refractivity contribution in [3.05, 3.63) is 101 Å². The highest BCUT2D eigenvalue weighted by Gasteiger charge is 2.63. The number of rotatable bonds is 3. The van der Waals surface area contributed by atoms with Gasteiger partial charge in [-0.2, -0.15) is 0 Å². The van der Waals surface area contributed by atoms with Crippen molar-refractivity contribution in [1.29, 1.82) is 0 Å². The van der Waals surface area contributed by atoms with Gasteiger partial charge in [-0.25, -0.2) is 8.78 Å². The van der Waals surface area contributed by atoms with E-state index in [0.29, 0.717) is 12.1 Å². The highest BCUT2D eigenvalue weighted by atomic mass is 32.2. The zero-order valence-electron chi connectivity index (χ0n) is 18.2. The van der Waals surface area contributed by atoms with Gasteiger partial charge in [-0.3, -0.25) is 9.59 Å². The molecule has 3 aromatic rings. The molecular formula is C26H22F2N2O2S. The smallest absolute Gasteiger partial charge is 0.268 e. The number of fused-ring (bicyclic) bond motifs is 2. The van der Waals surface area contributed by atoms with Crippen LogP contribution in [0.3, 0.4) is 0 Å². The molecular weight excluding hydrogens is 442 g/mol. The highest BCUT2D eigenvalue weighted by molar-refractivity contribution is 8.02. The Morgan fingerprint density at radius 1 is 0.939 bits per heavy atom. The Bertz CT molecular complexity index is 1240. The quantitative estimate of drug-likeness (QED) is 0.526. The summed E-state index contributed by atoms with van der Waals surface area (Å²) in [4.78, 5) is 29.8. The molecule has 2 amide bonds. The maximum Gasteiger partial charge on any atom is 0.268 e. The van der Waals surface area contributed by atoms with Crippen LogP contribution in [0.2, 0.25) is 0 Å². The molecule has 0 saturated carbocycles. The lowest BCUT2D eigenvalue weighted by atomic mass is 10.0. The molecule has 1 fully saturated rings. The molecule has 4 nitrogen and oxygen atoms in total. The number of carbonyl (C=O) groups excluding carboxylic acids is 2. The Morgan fingerprint density at radius 3 is 2.21 bits per heavy atom. The first-order valence-electron chi connectivity index (χ1n) is 10.6. The third kappa shape index (κ3) is 3.51. The molecule has 2 aliphatic rings. The molecule has 168 valence electrons. The maximum atomic E-state index is 14.1. The maximum absolute atomic E-state index is 14.1. The van der Waals surface area contributed by atoms with Gasteiger partial charge in [0.1, 0.15) is 11.6 Å². The van der Waals surface area contributed by atoms with E-state index in [1.54, 1.807) is 21.9 Å². The molecule has 0 radical (unpaired) electrons. The van der Waals surface area contributed by atoms with Crippen LogP contribution in [0, 0.1) is 11.6 Å². The Hall–Kier alpha value is -3.19. The van der Waals surface area contributed by atoms with Crippen LogP contribution in [-0.4, -0.2) is 28.0 Å².